The lowest BCUT2D eigenvalue weighted by Gasteiger charge is -2.08. The molecule has 1 aromatic rings. The van der Waals surface area contributed by atoms with Crippen molar-refractivity contribution in [3.63, 3.8) is 0 Å². The summed E-state index contributed by atoms with van der Waals surface area (Å²) in [5.41, 5.74) is 1.07. The molecule has 1 rings (SSSR count). The number of hydrogen-bond donors (Lipinski definition) is 1. The zero-order valence-electron chi connectivity index (χ0n) is 9.25. The Kier molecular flexibility index (Phi) is 5.28. The molecule has 1 N–H and O–H groups in total. The van der Waals surface area contributed by atoms with Gasteiger partial charge < -0.3 is 14.8 Å². The highest BCUT2D eigenvalue weighted by Crippen LogP contribution is 2.22. The zero-order valence-corrected chi connectivity index (χ0v) is 10.8. The summed E-state index contributed by atoms with van der Waals surface area (Å²) >= 11 is 3.44. The van der Waals surface area contributed by atoms with Crippen molar-refractivity contribution < 1.29 is 14.3 Å². The van der Waals surface area contributed by atoms with Crippen LogP contribution in [0.4, 0.5) is 0 Å². The third-order valence-corrected chi connectivity index (χ3v) is 2.74. The second-order valence-electron chi connectivity index (χ2n) is 3.15. The van der Waals surface area contributed by atoms with E-state index in [-0.39, 0.29) is 6.61 Å². The summed E-state index contributed by atoms with van der Waals surface area (Å²) in [5.74, 6) is 0.261. The normalized spacial score (nSPS) is 9.94. The van der Waals surface area contributed by atoms with E-state index in [4.69, 9.17) is 4.74 Å². The molecular formula is C11H14BrNO3. The third-order valence-electron chi connectivity index (χ3n) is 1.97. The fourth-order valence-electron chi connectivity index (χ4n) is 1.17. The summed E-state index contributed by atoms with van der Waals surface area (Å²) in [6.45, 7) is 0.660. The molecule has 88 valence electrons. The molecule has 1 aromatic carbocycles. The van der Waals surface area contributed by atoms with Gasteiger partial charge in [0.2, 0.25) is 0 Å². The molecule has 0 fully saturated rings. The van der Waals surface area contributed by atoms with E-state index in [0.29, 0.717) is 5.75 Å². The van der Waals surface area contributed by atoms with Gasteiger partial charge in [0, 0.05) is 11.0 Å². The van der Waals surface area contributed by atoms with Crippen LogP contribution in [0.2, 0.25) is 0 Å². The Bertz CT molecular complexity index is 368. The van der Waals surface area contributed by atoms with Crippen LogP contribution in [0.25, 0.3) is 0 Å². The van der Waals surface area contributed by atoms with Crippen molar-refractivity contribution in [3.8, 4) is 5.75 Å². The van der Waals surface area contributed by atoms with E-state index in [9.17, 15) is 4.79 Å². The highest BCUT2D eigenvalue weighted by molar-refractivity contribution is 9.10. The average molecular weight is 288 g/mol. The molecule has 0 radical (unpaired) electrons. The molecule has 0 aliphatic carbocycles. The summed E-state index contributed by atoms with van der Waals surface area (Å²) < 4.78 is 10.8. The number of hydrogen-bond acceptors (Lipinski definition) is 4. The Morgan fingerprint density at radius 3 is 2.88 bits per heavy atom. The van der Waals surface area contributed by atoms with Crippen LogP contribution in [0.15, 0.2) is 22.7 Å². The Morgan fingerprint density at radius 2 is 2.25 bits per heavy atom. The van der Waals surface area contributed by atoms with Crippen LogP contribution in [0.5, 0.6) is 5.75 Å². The minimum absolute atomic E-state index is 0.0723. The Balaban J connectivity index is 2.67. The molecule has 0 saturated heterocycles. The monoisotopic (exact) mass is 287 g/mol. The van der Waals surface area contributed by atoms with Crippen LogP contribution in [-0.4, -0.2) is 26.7 Å². The molecule has 0 aliphatic rings. The number of carbonyl (C=O) groups excluding carboxylic acids is 1. The molecule has 0 bridgehead atoms. The number of ether oxygens (including phenoxy) is 2. The Hall–Kier alpha value is -1.07. The first-order chi connectivity index (χ1) is 7.67. The van der Waals surface area contributed by atoms with Crippen molar-refractivity contribution >= 4 is 21.9 Å². The fraction of sp³-hybridized carbons (Fsp3) is 0.364. The van der Waals surface area contributed by atoms with Gasteiger partial charge in [-0.25, -0.2) is 4.79 Å². The minimum Gasteiger partial charge on any atom is -0.482 e. The van der Waals surface area contributed by atoms with Gasteiger partial charge in [-0.05, 0) is 30.8 Å². The molecule has 0 aliphatic heterocycles. The molecule has 16 heavy (non-hydrogen) atoms. The lowest BCUT2D eigenvalue weighted by atomic mass is 10.2. The predicted molar refractivity (Wildman–Crippen MR) is 64.4 cm³/mol. The van der Waals surface area contributed by atoms with Crippen molar-refractivity contribution in [1.29, 1.82) is 0 Å². The predicted octanol–water partition coefficient (Wildman–Crippen LogP) is 1.72. The number of esters is 1. The van der Waals surface area contributed by atoms with Crippen LogP contribution < -0.4 is 10.1 Å². The van der Waals surface area contributed by atoms with Crippen molar-refractivity contribution in [1.82, 2.24) is 5.32 Å². The topological polar surface area (TPSA) is 47.6 Å². The molecule has 0 aromatic heterocycles. The highest BCUT2D eigenvalue weighted by atomic mass is 79.9. The maximum absolute atomic E-state index is 10.9. The number of nitrogens with one attached hydrogen (secondary N) is 1. The molecule has 0 spiro atoms. The summed E-state index contributed by atoms with van der Waals surface area (Å²) in [7, 11) is 3.20. The molecule has 0 amide bonds. The first-order valence-corrected chi connectivity index (χ1v) is 5.59. The number of rotatable bonds is 5. The van der Waals surface area contributed by atoms with Gasteiger partial charge in [-0.1, -0.05) is 15.9 Å². The third kappa shape index (κ3) is 3.83. The minimum atomic E-state index is -0.391. The molecular weight excluding hydrogens is 274 g/mol. The number of carbonyl (C=O) groups is 1. The van der Waals surface area contributed by atoms with Crippen LogP contribution in [0, 0.1) is 0 Å². The van der Waals surface area contributed by atoms with E-state index in [1.165, 1.54) is 7.11 Å². The maximum Gasteiger partial charge on any atom is 0.343 e. The van der Waals surface area contributed by atoms with Crippen molar-refractivity contribution in [2.75, 3.05) is 20.8 Å². The van der Waals surface area contributed by atoms with E-state index >= 15 is 0 Å². The summed E-state index contributed by atoms with van der Waals surface area (Å²) in [4.78, 5) is 10.9. The van der Waals surface area contributed by atoms with E-state index in [2.05, 4.69) is 26.0 Å². The van der Waals surface area contributed by atoms with Gasteiger partial charge in [0.1, 0.15) is 5.75 Å². The van der Waals surface area contributed by atoms with Gasteiger partial charge in [-0.15, -0.1) is 0 Å². The second kappa shape index (κ2) is 6.50. The van der Waals surface area contributed by atoms with E-state index in [1.54, 1.807) is 6.07 Å². The first-order valence-electron chi connectivity index (χ1n) is 4.80. The highest BCUT2D eigenvalue weighted by Gasteiger charge is 2.04. The molecule has 0 saturated carbocycles. The van der Waals surface area contributed by atoms with Crippen LogP contribution in [-0.2, 0) is 16.1 Å². The zero-order chi connectivity index (χ0) is 12.0. The van der Waals surface area contributed by atoms with Gasteiger partial charge in [0.15, 0.2) is 6.61 Å². The van der Waals surface area contributed by atoms with Gasteiger partial charge in [-0.2, -0.15) is 0 Å². The van der Waals surface area contributed by atoms with Crippen molar-refractivity contribution in [2.24, 2.45) is 0 Å². The van der Waals surface area contributed by atoms with Crippen LogP contribution in [0.3, 0.4) is 0 Å². The molecule has 4 nitrogen and oxygen atoms in total. The smallest absolute Gasteiger partial charge is 0.343 e. The molecule has 0 heterocycles. The largest absolute Gasteiger partial charge is 0.482 e. The Morgan fingerprint density at radius 1 is 1.50 bits per heavy atom. The number of methoxy groups -OCH3 is 1. The summed E-state index contributed by atoms with van der Waals surface area (Å²) in [6.07, 6.45) is 0. The van der Waals surface area contributed by atoms with Gasteiger partial charge in [0.25, 0.3) is 0 Å². The van der Waals surface area contributed by atoms with Crippen molar-refractivity contribution in [3.05, 3.63) is 28.2 Å². The molecule has 0 atom stereocenters. The Labute approximate surface area is 103 Å². The van der Waals surface area contributed by atoms with Gasteiger partial charge in [0.05, 0.1) is 7.11 Å². The first kappa shape index (κ1) is 13.0. The standard InChI is InChI=1S/C11H14BrNO3/c1-13-6-8-5-9(3-4-10(8)12)16-7-11(14)15-2/h3-5,13H,6-7H2,1-2H3. The maximum atomic E-state index is 10.9. The SMILES string of the molecule is CNCc1cc(OCC(=O)OC)ccc1Br. The lowest BCUT2D eigenvalue weighted by Crippen LogP contribution is -2.13. The fourth-order valence-corrected chi connectivity index (χ4v) is 1.55. The lowest BCUT2D eigenvalue weighted by molar-refractivity contribution is -0.142. The summed E-state index contributed by atoms with van der Waals surface area (Å²) in [5, 5.41) is 3.05. The van der Waals surface area contributed by atoms with Crippen LogP contribution in [0.1, 0.15) is 5.56 Å². The molecule has 5 heteroatoms. The number of benzene rings is 1. The summed E-state index contributed by atoms with van der Waals surface area (Å²) in [6, 6.07) is 5.56. The van der Waals surface area contributed by atoms with E-state index < -0.39 is 5.97 Å². The second-order valence-corrected chi connectivity index (χ2v) is 4.00. The average Bonchev–Trinajstić information content (AvgIpc) is 2.30. The van der Waals surface area contributed by atoms with Gasteiger partial charge in [-0.3, -0.25) is 0 Å². The van der Waals surface area contributed by atoms with E-state index in [0.717, 1.165) is 16.6 Å². The van der Waals surface area contributed by atoms with E-state index in [1.807, 2.05) is 19.2 Å². The van der Waals surface area contributed by atoms with Crippen LogP contribution >= 0.6 is 15.9 Å². The molecule has 0 unspecified atom stereocenters. The number of halogens is 1. The van der Waals surface area contributed by atoms with Crippen molar-refractivity contribution in [2.45, 2.75) is 6.54 Å². The van der Waals surface area contributed by atoms with Gasteiger partial charge >= 0.3 is 5.97 Å². The quantitative estimate of drug-likeness (QED) is 0.838.